The summed E-state index contributed by atoms with van der Waals surface area (Å²) in [6, 6.07) is 7.19. The monoisotopic (exact) mass is 205 g/mol. The average molecular weight is 206 g/mol. The van der Waals surface area contributed by atoms with Gasteiger partial charge in [-0.1, -0.05) is 11.8 Å². The quantitative estimate of drug-likeness (QED) is 0.520. The molecule has 0 aliphatic carbocycles. The molecule has 1 aromatic carbocycles. The Balaban J connectivity index is 3.09. The number of ether oxygens (including phenoxy) is 1. The minimum Gasteiger partial charge on any atom is -0.495 e. The Labute approximate surface area is 88.1 Å². The lowest BCUT2D eigenvalue weighted by atomic mass is 10.1. The second-order valence-electron chi connectivity index (χ2n) is 2.46. The lowest BCUT2D eigenvalue weighted by molar-refractivity contribution is 0.413. The minimum atomic E-state index is 0.294. The van der Waals surface area contributed by atoms with Crippen LogP contribution in [0.15, 0.2) is 18.2 Å². The number of nitriles is 1. The van der Waals surface area contributed by atoms with Crippen LogP contribution in [0.3, 0.4) is 0 Å². The van der Waals surface area contributed by atoms with Crippen molar-refractivity contribution in [2.75, 3.05) is 13.0 Å². The number of methoxy groups -OCH3 is 1. The van der Waals surface area contributed by atoms with Gasteiger partial charge < -0.3 is 4.74 Å². The van der Waals surface area contributed by atoms with Gasteiger partial charge in [-0.3, -0.25) is 0 Å². The maximum absolute atomic E-state index is 8.73. The van der Waals surface area contributed by atoms with Gasteiger partial charge in [0.1, 0.15) is 11.8 Å². The molecule has 70 valence electrons. The second kappa shape index (κ2) is 5.17. The third-order valence-electron chi connectivity index (χ3n) is 1.62. The zero-order chi connectivity index (χ0) is 10.4. The van der Waals surface area contributed by atoms with E-state index < -0.39 is 0 Å². The van der Waals surface area contributed by atoms with E-state index in [-0.39, 0.29) is 0 Å². The molecule has 0 aromatic heterocycles. The molecule has 0 unspecified atom stereocenters. The van der Waals surface area contributed by atoms with Crippen molar-refractivity contribution in [1.29, 1.82) is 5.26 Å². The van der Waals surface area contributed by atoms with Gasteiger partial charge in [-0.15, -0.1) is 11.6 Å². The molecule has 1 aromatic rings. The third kappa shape index (κ3) is 2.42. The summed E-state index contributed by atoms with van der Waals surface area (Å²) in [6.07, 6.45) is 0. The van der Waals surface area contributed by atoms with Crippen LogP contribution in [0.25, 0.3) is 0 Å². The van der Waals surface area contributed by atoms with Crippen molar-refractivity contribution in [2.45, 2.75) is 0 Å². The highest BCUT2D eigenvalue weighted by atomic mass is 35.5. The molecular weight excluding hydrogens is 198 g/mol. The Hall–Kier alpha value is -1.64. The second-order valence-corrected chi connectivity index (χ2v) is 2.73. The number of rotatable bonds is 1. The Morgan fingerprint density at radius 3 is 2.86 bits per heavy atom. The van der Waals surface area contributed by atoms with E-state index in [2.05, 4.69) is 11.8 Å². The first-order chi connectivity index (χ1) is 6.81. The highest BCUT2D eigenvalue weighted by Crippen LogP contribution is 2.18. The maximum Gasteiger partial charge on any atom is 0.137 e. The van der Waals surface area contributed by atoms with Gasteiger partial charge in [-0.2, -0.15) is 5.26 Å². The van der Waals surface area contributed by atoms with Crippen molar-refractivity contribution >= 4 is 11.6 Å². The zero-order valence-corrected chi connectivity index (χ0v) is 8.43. The molecule has 0 bridgehead atoms. The first kappa shape index (κ1) is 10.4. The van der Waals surface area contributed by atoms with Crippen LogP contribution in [-0.2, 0) is 0 Å². The first-order valence-electron chi connectivity index (χ1n) is 3.94. The SMILES string of the molecule is COc1cc(C#CCCl)ccc1C#N. The maximum atomic E-state index is 8.73. The van der Waals surface area contributed by atoms with Gasteiger partial charge in [-0.25, -0.2) is 0 Å². The van der Waals surface area contributed by atoms with E-state index in [1.807, 2.05) is 6.07 Å². The molecule has 14 heavy (non-hydrogen) atoms. The molecule has 0 saturated carbocycles. The lowest BCUT2D eigenvalue weighted by Crippen LogP contribution is -1.88. The minimum absolute atomic E-state index is 0.294. The molecule has 0 radical (unpaired) electrons. The summed E-state index contributed by atoms with van der Waals surface area (Å²) in [5, 5.41) is 8.73. The van der Waals surface area contributed by atoms with Gasteiger partial charge in [0.25, 0.3) is 0 Å². The smallest absolute Gasteiger partial charge is 0.137 e. The molecule has 0 heterocycles. The van der Waals surface area contributed by atoms with Crippen LogP contribution in [0, 0.1) is 23.2 Å². The number of halogens is 1. The van der Waals surface area contributed by atoms with E-state index in [1.54, 1.807) is 18.2 Å². The molecule has 0 fully saturated rings. The number of benzene rings is 1. The molecule has 3 heteroatoms. The molecule has 0 N–H and O–H groups in total. The van der Waals surface area contributed by atoms with Gasteiger partial charge in [0.05, 0.1) is 18.6 Å². The van der Waals surface area contributed by atoms with Crippen LogP contribution < -0.4 is 4.74 Å². The average Bonchev–Trinajstić information content (AvgIpc) is 2.25. The Kier molecular flexibility index (Phi) is 3.85. The van der Waals surface area contributed by atoms with Crippen molar-refractivity contribution in [3.63, 3.8) is 0 Å². The van der Waals surface area contributed by atoms with E-state index in [0.29, 0.717) is 17.2 Å². The summed E-state index contributed by atoms with van der Waals surface area (Å²) < 4.78 is 5.03. The van der Waals surface area contributed by atoms with Gasteiger partial charge in [0.2, 0.25) is 0 Å². The highest BCUT2D eigenvalue weighted by molar-refractivity contribution is 6.19. The van der Waals surface area contributed by atoms with Crippen LogP contribution in [0.4, 0.5) is 0 Å². The fraction of sp³-hybridized carbons (Fsp3) is 0.182. The van der Waals surface area contributed by atoms with E-state index in [0.717, 1.165) is 5.56 Å². The van der Waals surface area contributed by atoms with Crippen molar-refractivity contribution in [3.8, 4) is 23.7 Å². The fourth-order valence-corrected chi connectivity index (χ4v) is 1.06. The molecular formula is C11H8ClNO. The topological polar surface area (TPSA) is 33.0 Å². The number of alkyl halides is 1. The van der Waals surface area contributed by atoms with Crippen LogP contribution in [-0.4, -0.2) is 13.0 Å². The van der Waals surface area contributed by atoms with E-state index in [9.17, 15) is 0 Å². The Bertz CT molecular complexity index is 423. The van der Waals surface area contributed by atoms with Crippen LogP contribution in [0.1, 0.15) is 11.1 Å². The predicted octanol–water partition coefficient (Wildman–Crippen LogP) is 2.16. The van der Waals surface area contributed by atoms with Gasteiger partial charge in [0.15, 0.2) is 0 Å². The zero-order valence-electron chi connectivity index (χ0n) is 7.67. The Morgan fingerprint density at radius 2 is 2.29 bits per heavy atom. The molecule has 0 atom stereocenters. The standard InChI is InChI=1S/C11H8ClNO/c1-14-11-7-9(3-2-6-12)4-5-10(11)8-13/h4-5,7H,6H2,1H3. The van der Waals surface area contributed by atoms with Gasteiger partial charge in [0, 0.05) is 5.56 Å². The summed E-state index contributed by atoms with van der Waals surface area (Å²) in [5.74, 6) is 6.41. The van der Waals surface area contributed by atoms with Crippen LogP contribution >= 0.6 is 11.6 Å². The molecule has 0 amide bonds. The van der Waals surface area contributed by atoms with E-state index in [4.69, 9.17) is 21.6 Å². The molecule has 0 spiro atoms. The van der Waals surface area contributed by atoms with Crippen molar-refractivity contribution in [1.82, 2.24) is 0 Å². The normalized spacial score (nSPS) is 8.36. The van der Waals surface area contributed by atoms with E-state index in [1.165, 1.54) is 7.11 Å². The van der Waals surface area contributed by atoms with Crippen LogP contribution in [0.5, 0.6) is 5.75 Å². The predicted molar refractivity (Wildman–Crippen MR) is 55.3 cm³/mol. The summed E-state index contributed by atoms with van der Waals surface area (Å²) in [5.41, 5.74) is 1.30. The molecule has 2 nitrogen and oxygen atoms in total. The van der Waals surface area contributed by atoms with E-state index >= 15 is 0 Å². The van der Waals surface area contributed by atoms with Gasteiger partial charge >= 0.3 is 0 Å². The largest absolute Gasteiger partial charge is 0.495 e. The third-order valence-corrected chi connectivity index (χ3v) is 1.76. The lowest BCUT2D eigenvalue weighted by Gasteiger charge is -2.01. The van der Waals surface area contributed by atoms with Crippen molar-refractivity contribution in [3.05, 3.63) is 29.3 Å². The fourth-order valence-electron chi connectivity index (χ4n) is 0.997. The Morgan fingerprint density at radius 1 is 1.50 bits per heavy atom. The number of nitrogens with zero attached hydrogens (tertiary/aromatic N) is 1. The van der Waals surface area contributed by atoms with Crippen LogP contribution in [0.2, 0.25) is 0 Å². The highest BCUT2D eigenvalue weighted by Gasteiger charge is 2.01. The number of hydrogen-bond acceptors (Lipinski definition) is 2. The molecule has 1 rings (SSSR count). The number of hydrogen-bond donors (Lipinski definition) is 0. The summed E-state index contributed by atoms with van der Waals surface area (Å²) >= 11 is 5.43. The molecule has 0 aliphatic rings. The van der Waals surface area contributed by atoms with Gasteiger partial charge in [-0.05, 0) is 18.2 Å². The van der Waals surface area contributed by atoms with Crippen molar-refractivity contribution in [2.24, 2.45) is 0 Å². The summed E-state index contributed by atoms with van der Waals surface area (Å²) in [6.45, 7) is 0. The summed E-state index contributed by atoms with van der Waals surface area (Å²) in [7, 11) is 1.52. The first-order valence-corrected chi connectivity index (χ1v) is 4.48. The molecule has 0 aliphatic heterocycles. The summed E-state index contributed by atoms with van der Waals surface area (Å²) in [4.78, 5) is 0. The van der Waals surface area contributed by atoms with Crippen molar-refractivity contribution < 1.29 is 4.74 Å². The molecule has 0 saturated heterocycles.